The van der Waals surface area contributed by atoms with E-state index >= 15 is 0 Å². The average Bonchev–Trinajstić information content (AvgIpc) is 3.08. The molecular weight excluding hydrogens is 643 g/mol. The summed E-state index contributed by atoms with van der Waals surface area (Å²) in [6.07, 6.45) is 18.3. The Morgan fingerprint density at radius 2 is 0.688 bits per heavy atom. The lowest BCUT2D eigenvalue weighted by atomic mass is 10.0. The van der Waals surface area contributed by atoms with Gasteiger partial charge in [0.25, 0.3) is 0 Å². The molecule has 0 atom stereocenters. The lowest BCUT2D eigenvalue weighted by molar-refractivity contribution is -0.136. The zero-order valence-electron chi connectivity index (χ0n) is 28.7. The van der Waals surface area contributed by atoms with E-state index in [1.165, 1.54) is 83.5 Å². The Morgan fingerprint density at radius 3 is 1.06 bits per heavy atom. The number of unbranched alkanes of at least 4 members (excludes halogenated alkanes) is 13. The first-order valence-electron chi connectivity index (χ1n) is 17.6. The molecule has 0 aliphatic rings. The molecule has 0 bridgehead atoms. The molecular formula is C35H57F5O8. The minimum atomic E-state index is -2.34. The van der Waals surface area contributed by atoms with Crippen LogP contribution in [-0.2, 0) is 33.2 Å². The number of halogens is 5. The zero-order valence-corrected chi connectivity index (χ0v) is 28.7. The third-order valence-corrected chi connectivity index (χ3v) is 7.34. The largest absolute Gasteiger partial charge is 0.420 e. The van der Waals surface area contributed by atoms with Crippen LogP contribution in [0.2, 0.25) is 0 Å². The molecule has 0 aliphatic heterocycles. The van der Waals surface area contributed by atoms with Crippen LogP contribution in [0.25, 0.3) is 0 Å². The van der Waals surface area contributed by atoms with Gasteiger partial charge in [-0.05, 0) is 6.42 Å². The number of benzene rings is 1. The SMILES string of the molecule is CCCCCCCCCCCCCCCCOCCOCCOCCOCCOCCOCCC(=O)Oc1c(F)c(F)c(F)c(F)c1F. The topological polar surface area (TPSA) is 81.7 Å². The van der Waals surface area contributed by atoms with E-state index < -0.39 is 47.2 Å². The van der Waals surface area contributed by atoms with Crippen LogP contribution in [-0.4, -0.2) is 85.3 Å². The van der Waals surface area contributed by atoms with Gasteiger partial charge >= 0.3 is 5.97 Å². The Labute approximate surface area is 283 Å². The molecule has 0 unspecified atom stereocenters. The van der Waals surface area contributed by atoms with Crippen LogP contribution in [0.1, 0.15) is 103 Å². The van der Waals surface area contributed by atoms with E-state index in [-0.39, 0.29) is 19.8 Å². The Kier molecular flexibility index (Phi) is 28.6. The highest BCUT2D eigenvalue weighted by Crippen LogP contribution is 2.29. The number of hydrogen-bond donors (Lipinski definition) is 0. The van der Waals surface area contributed by atoms with E-state index in [0.29, 0.717) is 52.9 Å². The van der Waals surface area contributed by atoms with Crippen molar-refractivity contribution in [2.45, 2.75) is 103 Å². The second kappa shape index (κ2) is 31.1. The molecule has 48 heavy (non-hydrogen) atoms. The second-order valence-corrected chi connectivity index (χ2v) is 11.4. The summed E-state index contributed by atoms with van der Waals surface area (Å²) in [5.41, 5.74) is 0. The van der Waals surface area contributed by atoms with Crippen LogP contribution in [0.5, 0.6) is 5.75 Å². The Morgan fingerprint density at radius 1 is 0.396 bits per heavy atom. The van der Waals surface area contributed by atoms with Gasteiger partial charge in [0.15, 0.2) is 0 Å². The summed E-state index contributed by atoms with van der Waals surface area (Å²) in [4.78, 5) is 11.6. The summed E-state index contributed by atoms with van der Waals surface area (Å²) in [6.45, 7) is 6.66. The fourth-order valence-electron chi connectivity index (χ4n) is 4.60. The Bertz CT molecular complexity index is 912. The van der Waals surface area contributed by atoms with E-state index in [9.17, 15) is 26.7 Å². The monoisotopic (exact) mass is 700 g/mol. The smallest absolute Gasteiger partial charge is 0.313 e. The second-order valence-electron chi connectivity index (χ2n) is 11.4. The van der Waals surface area contributed by atoms with Gasteiger partial charge in [-0.15, -0.1) is 0 Å². The number of esters is 1. The van der Waals surface area contributed by atoms with Crippen molar-refractivity contribution in [3.63, 3.8) is 0 Å². The maximum atomic E-state index is 13.5. The van der Waals surface area contributed by atoms with Crippen LogP contribution < -0.4 is 4.74 Å². The quantitative estimate of drug-likeness (QED) is 0.0178. The van der Waals surface area contributed by atoms with Gasteiger partial charge in [-0.3, -0.25) is 4.79 Å². The standard InChI is InChI=1S/C35H57F5O8/c1-2-3-4-5-6-7-8-9-10-11-12-13-14-15-17-42-19-21-44-23-25-46-27-28-47-26-24-45-22-20-43-18-16-29(41)48-35-33(39)31(37)30(36)32(38)34(35)40/h2-28H2,1H3. The van der Waals surface area contributed by atoms with Gasteiger partial charge in [0.1, 0.15) is 0 Å². The summed E-state index contributed by atoms with van der Waals surface area (Å²) in [7, 11) is 0. The molecule has 0 aliphatic carbocycles. The molecule has 13 heteroatoms. The minimum Gasteiger partial charge on any atom is -0.420 e. The molecule has 0 saturated heterocycles. The van der Waals surface area contributed by atoms with Gasteiger partial charge in [0.05, 0.1) is 79.1 Å². The summed E-state index contributed by atoms with van der Waals surface area (Å²) >= 11 is 0. The van der Waals surface area contributed by atoms with Crippen LogP contribution >= 0.6 is 0 Å². The molecule has 1 aromatic rings. The summed E-state index contributed by atoms with van der Waals surface area (Å²) < 4.78 is 103. The van der Waals surface area contributed by atoms with E-state index in [2.05, 4.69) is 11.7 Å². The highest BCUT2D eigenvalue weighted by molar-refractivity contribution is 5.72. The number of hydrogen-bond acceptors (Lipinski definition) is 8. The first-order chi connectivity index (χ1) is 23.4. The highest BCUT2D eigenvalue weighted by atomic mass is 19.2. The maximum absolute atomic E-state index is 13.5. The minimum absolute atomic E-state index is 0.101. The molecule has 0 aromatic heterocycles. The molecule has 1 rings (SSSR count). The molecule has 0 saturated carbocycles. The lowest BCUT2D eigenvalue weighted by Gasteiger charge is -2.09. The van der Waals surface area contributed by atoms with Gasteiger partial charge < -0.3 is 33.2 Å². The molecule has 8 nitrogen and oxygen atoms in total. The third kappa shape index (κ3) is 22.7. The summed E-state index contributed by atoms with van der Waals surface area (Å²) in [5, 5.41) is 0. The van der Waals surface area contributed by atoms with Crippen LogP contribution in [0.4, 0.5) is 22.0 Å². The molecule has 0 radical (unpaired) electrons. The molecule has 280 valence electrons. The molecule has 0 spiro atoms. The predicted octanol–water partition coefficient (Wildman–Crippen LogP) is 8.26. The number of rotatable bonds is 34. The van der Waals surface area contributed by atoms with Crippen molar-refractivity contribution in [1.82, 2.24) is 0 Å². The molecule has 0 amide bonds. The lowest BCUT2D eigenvalue weighted by Crippen LogP contribution is -2.16. The van der Waals surface area contributed by atoms with E-state index in [0.717, 1.165) is 13.0 Å². The Balaban J connectivity index is 1.75. The molecule has 0 fully saturated rings. The van der Waals surface area contributed by atoms with Gasteiger partial charge in [-0.1, -0.05) is 90.4 Å². The van der Waals surface area contributed by atoms with E-state index in [1.807, 2.05) is 0 Å². The van der Waals surface area contributed by atoms with Crippen LogP contribution in [0.15, 0.2) is 0 Å². The summed E-state index contributed by atoms with van der Waals surface area (Å²) in [6, 6.07) is 0. The maximum Gasteiger partial charge on any atom is 0.313 e. The molecule has 0 N–H and O–H groups in total. The fourth-order valence-corrected chi connectivity index (χ4v) is 4.60. The number of ether oxygens (including phenoxy) is 7. The van der Waals surface area contributed by atoms with Gasteiger partial charge in [-0.25, -0.2) is 13.2 Å². The van der Waals surface area contributed by atoms with Crippen molar-refractivity contribution in [2.24, 2.45) is 0 Å². The van der Waals surface area contributed by atoms with Crippen molar-refractivity contribution in [2.75, 3.05) is 79.3 Å². The van der Waals surface area contributed by atoms with Crippen LogP contribution in [0.3, 0.4) is 0 Å². The number of carbonyl (C=O) groups excluding carboxylic acids is 1. The Hall–Kier alpha value is -1.90. The van der Waals surface area contributed by atoms with Crippen molar-refractivity contribution in [3.8, 4) is 5.75 Å². The fraction of sp³-hybridized carbons (Fsp3) is 0.800. The normalized spacial score (nSPS) is 11.5. The van der Waals surface area contributed by atoms with Crippen LogP contribution in [0, 0.1) is 29.1 Å². The molecule has 1 aromatic carbocycles. The average molecular weight is 701 g/mol. The van der Waals surface area contributed by atoms with Gasteiger partial charge in [-0.2, -0.15) is 8.78 Å². The highest BCUT2D eigenvalue weighted by Gasteiger charge is 2.28. The first kappa shape index (κ1) is 44.1. The van der Waals surface area contributed by atoms with Crippen molar-refractivity contribution < 1.29 is 59.9 Å². The summed E-state index contributed by atoms with van der Waals surface area (Å²) in [5.74, 6) is -14.1. The van der Waals surface area contributed by atoms with E-state index in [1.54, 1.807) is 0 Å². The van der Waals surface area contributed by atoms with Crippen molar-refractivity contribution in [1.29, 1.82) is 0 Å². The van der Waals surface area contributed by atoms with Crippen molar-refractivity contribution in [3.05, 3.63) is 29.1 Å². The third-order valence-electron chi connectivity index (χ3n) is 7.34. The number of carbonyl (C=O) groups is 1. The van der Waals surface area contributed by atoms with Gasteiger partial charge in [0, 0.05) is 6.61 Å². The van der Waals surface area contributed by atoms with E-state index in [4.69, 9.17) is 28.4 Å². The van der Waals surface area contributed by atoms with Crippen molar-refractivity contribution >= 4 is 5.97 Å². The predicted molar refractivity (Wildman–Crippen MR) is 172 cm³/mol. The zero-order chi connectivity index (χ0) is 35.1. The molecule has 0 heterocycles. The van der Waals surface area contributed by atoms with Gasteiger partial charge in [0.2, 0.25) is 34.8 Å². The first-order valence-corrected chi connectivity index (χ1v) is 17.6.